The van der Waals surface area contributed by atoms with Crippen molar-refractivity contribution in [2.75, 3.05) is 0 Å². The molecule has 0 atom stereocenters. The van der Waals surface area contributed by atoms with Gasteiger partial charge >= 0.3 is 5.97 Å². The Hall–Kier alpha value is -0.420. The highest BCUT2D eigenvalue weighted by Gasteiger charge is 2.03. The Morgan fingerprint density at radius 3 is 3.09 bits per heavy atom. The van der Waals surface area contributed by atoms with Gasteiger partial charge < -0.3 is 4.74 Å². The summed E-state index contributed by atoms with van der Waals surface area (Å²) in [6, 6.07) is 0. The zero-order chi connectivity index (χ0) is 8.27. The first-order valence-corrected chi connectivity index (χ1v) is 4.58. The van der Waals surface area contributed by atoms with Gasteiger partial charge in [0.2, 0.25) is 0 Å². The van der Waals surface area contributed by atoms with Gasteiger partial charge in [-0.25, -0.2) is 4.98 Å². The minimum absolute atomic E-state index is 0.273. The lowest BCUT2D eigenvalue weighted by atomic mass is 10.6. The number of thiazole rings is 1. The SMILES string of the molecule is CC(=O)OCc1scnc1Br. The summed E-state index contributed by atoms with van der Waals surface area (Å²) in [5.74, 6) is -0.273. The molecule has 0 aromatic carbocycles. The molecule has 3 nitrogen and oxygen atoms in total. The fourth-order valence-corrected chi connectivity index (χ4v) is 1.71. The van der Waals surface area contributed by atoms with Crippen LogP contribution in [0.2, 0.25) is 0 Å². The van der Waals surface area contributed by atoms with Crippen LogP contribution < -0.4 is 0 Å². The van der Waals surface area contributed by atoms with Gasteiger partial charge in [-0.15, -0.1) is 11.3 Å². The van der Waals surface area contributed by atoms with E-state index in [9.17, 15) is 4.79 Å². The van der Waals surface area contributed by atoms with Crippen LogP contribution in [0.25, 0.3) is 0 Å². The molecule has 0 aliphatic heterocycles. The first-order chi connectivity index (χ1) is 5.20. The topological polar surface area (TPSA) is 39.2 Å². The Kier molecular flexibility index (Phi) is 3.02. The van der Waals surface area contributed by atoms with Crippen molar-refractivity contribution in [3.63, 3.8) is 0 Å². The van der Waals surface area contributed by atoms with Gasteiger partial charge in [0.05, 0.1) is 10.4 Å². The monoisotopic (exact) mass is 235 g/mol. The summed E-state index contributed by atoms with van der Waals surface area (Å²) in [7, 11) is 0. The van der Waals surface area contributed by atoms with Crippen LogP contribution in [0, 0.1) is 0 Å². The quantitative estimate of drug-likeness (QED) is 0.737. The highest BCUT2D eigenvalue weighted by Crippen LogP contribution is 2.19. The Labute approximate surface area is 76.5 Å². The molecule has 0 spiro atoms. The first kappa shape index (κ1) is 8.67. The van der Waals surface area contributed by atoms with Gasteiger partial charge in [0.1, 0.15) is 11.2 Å². The van der Waals surface area contributed by atoms with E-state index < -0.39 is 0 Å². The molecule has 0 N–H and O–H groups in total. The summed E-state index contributed by atoms with van der Waals surface area (Å²) in [6.07, 6.45) is 0. The summed E-state index contributed by atoms with van der Waals surface area (Å²) in [5.41, 5.74) is 1.70. The number of halogens is 1. The third kappa shape index (κ3) is 2.59. The Balaban J connectivity index is 2.51. The molecular weight excluding hydrogens is 230 g/mol. The van der Waals surface area contributed by atoms with E-state index in [-0.39, 0.29) is 5.97 Å². The number of hydrogen-bond donors (Lipinski definition) is 0. The highest BCUT2D eigenvalue weighted by atomic mass is 79.9. The molecule has 60 valence electrons. The van der Waals surface area contributed by atoms with Crippen molar-refractivity contribution < 1.29 is 9.53 Å². The van der Waals surface area contributed by atoms with E-state index in [1.807, 2.05) is 0 Å². The zero-order valence-corrected chi connectivity index (χ0v) is 8.24. The van der Waals surface area contributed by atoms with E-state index in [4.69, 9.17) is 4.74 Å². The summed E-state index contributed by atoms with van der Waals surface area (Å²) < 4.78 is 5.52. The molecule has 0 saturated heterocycles. The van der Waals surface area contributed by atoms with Crippen molar-refractivity contribution in [1.29, 1.82) is 0 Å². The second kappa shape index (κ2) is 3.82. The van der Waals surface area contributed by atoms with Gasteiger partial charge in [-0.05, 0) is 15.9 Å². The van der Waals surface area contributed by atoms with Gasteiger partial charge in [0, 0.05) is 6.92 Å². The van der Waals surface area contributed by atoms with Gasteiger partial charge in [0.25, 0.3) is 0 Å². The Bertz CT molecular complexity index is 261. The minimum atomic E-state index is -0.273. The Morgan fingerprint density at radius 1 is 1.91 bits per heavy atom. The first-order valence-electron chi connectivity index (χ1n) is 2.91. The summed E-state index contributed by atoms with van der Waals surface area (Å²) in [4.78, 5) is 15.3. The van der Waals surface area contributed by atoms with Crippen molar-refractivity contribution in [3.05, 3.63) is 15.0 Å². The maximum Gasteiger partial charge on any atom is 0.302 e. The number of carbonyl (C=O) groups excluding carboxylic acids is 1. The predicted octanol–water partition coefficient (Wildman–Crippen LogP) is 1.97. The standard InChI is InChI=1S/C6H6BrNO2S/c1-4(9)10-2-5-6(7)8-3-11-5/h3H,2H2,1H3. The molecular formula is C6H6BrNO2S. The molecule has 0 fully saturated rings. The van der Waals surface area contributed by atoms with Crippen LogP contribution in [-0.2, 0) is 16.1 Å². The molecule has 0 bridgehead atoms. The molecule has 1 heterocycles. The number of hydrogen-bond acceptors (Lipinski definition) is 4. The van der Waals surface area contributed by atoms with Crippen LogP contribution >= 0.6 is 27.3 Å². The maximum absolute atomic E-state index is 10.4. The molecule has 0 unspecified atom stereocenters. The third-order valence-corrected chi connectivity index (χ3v) is 2.75. The number of carbonyl (C=O) groups is 1. The average Bonchev–Trinajstić information content (AvgIpc) is 2.31. The van der Waals surface area contributed by atoms with Gasteiger partial charge in [-0.2, -0.15) is 0 Å². The van der Waals surface area contributed by atoms with Gasteiger partial charge in [-0.1, -0.05) is 0 Å². The van der Waals surface area contributed by atoms with Crippen LogP contribution in [0.1, 0.15) is 11.8 Å². The largest absolute Gasteiger partial charge is 0.460 e. The van der Waals surface area contributed by atoms with Crippen molar-refractivity contribution >= 4 is 33.2 Å². The van der Waals surface area contributed by atoms with E-state index >= 15 is 0 Å². The lowest BCUT2D eigenvalue weighted by Gasteiger charge is -1.97. The fraction of sp³-hybridized carbons (Fsp3) is 0.333. The van der Waals surface area contributed by atoms with E-state index in [2.05, 4.69) is 20.9 Å². The molecule has 1 rings (SSSR count). The lowest BCUT2D eigenvalue weighted by molar-refractivity contribution is -0.142. The number of aromatic nitrogens is 1. The molecule has 0 radical (unpaired) electrons. The van der Waals surface area contributed by atoms with E-state index in [0.29, 0.717) is 6.61 Å². The second-order valence-electron chi connectivity index (χ2n) is 1.85. The van der Waals surface area contributed by atoms with Crippen LogP contribution in [-0.4, -0.2) is 11.0 Å². The zero-order valence-electron chi connectivity index (χ0n) is 5.83. The molecule has 0 aliphatic carbocycles. The van der Waals surface area contributed by atoms with Crippen molar-refractivity contribution in [2.24, 2.45) is 0 Å². The normalized spacial score (nSPS) is 9.64. The van der Waals surface area contributed by atoms with E-state index in [0.717, 1.165) is 9.48 Å². The van der Waals surface area contributed by atoms with Crippen LogP contribution in [0.15, 0.2) is 10.1 Å². The average molecular weight is 236 g/mol. The third-order valence-electron chi connectivity index (χ3n) is 0.998. The number of nitrogens with zero attached hydrogens (tertiary/aromatic N) is 1. The Morgan fingerprint density at radius 2 is 2.64 bits per heavy atom. The summed E-state index contributed by atoms with van der Waals surface area (Å²) in [6.45, 7) is 1.69. The number of rotatable bonds is 2. The van der Waals surface area contributed by atoms with E-state index in [1.165, 1.54) is 18.3 Å². The molecule has 0 aliphatic rings. The molecule has 11 heavy (non-hydrogen) atoms. The molecule has 1 aromatic heterocycles. The van der Waals surface area contributed by atoms with Gasteiger partial charge in [-0.3, -0.25) is 4.79 Å². The molecule has 0 saturated carbocycles. The second-order valence-corrected chi connectivity index (χ2v) is 3.54. The van der Waals surface area contributed by atoms with Gasteiger partial charge in [0.15, 0.2) is 0 Å². The van der Waals surface area contributed by atoms with Crippen LogP contribution in [0.3, 0.4) is 0 Å². The molecule has 5 heteroatoms. The highest BCUT2D eigenvalue weighted by molar-refractivity contribution is 9.10. The predicted molar refractivity (Wildman–Crippen MR) is 45.3 cm³/mol. The van der Waals surface area contributed by atoms with Crippen molar-refractivity contribution in [2.45, 2.75) is 13.5 Å². The maximum atomic E-state index is 10.4. The van der Waals surface area contributed by atoms with E-state index in [1.54, 1.807) is 5.51 Å². The van der Waals surface area contributed by atoms with Crippen molar-refractivity contribution in [1.82, 2.24) is 4.98 Å². The molecule has 1 aromatic rings. The number of esters is 1. The minimum Gasteiger partial charge on any atom is -0.460 e. The molecule has 0 amide bonds. The summed E-state index contributed by atoms with van der Waals surface area (Å²) >= 11 is 4.68. The smallest absolute Gasteiger partial charge is 0.302 e. The van der Waals surface area contributed by atoms with Crippen LogP contribution in [0.4, 0.5) is 0 Å². The summed E-state index contributed by atoms with van der Waals surface area (Å²) in [5, 5.41) is 0. The number of ether oxygens (including phenoxy) is 1. The van der Waals surface area contributed by atoms with Crippen LogP contribution in [0.5, 0.6) is 0 Å². The van der Waals surface area contributed by atoms with Crippen molar-refractivity contribution in [3.8, 4) is 0 Å². The lowest BCUT2D eigenvalue weighted by Crippen LogP contribution is -1.97. The fourth-order valence-electron chi connectivity index (χ4n) is 0.518.